The first-order chi connectivity index (χ1) is 13.4. The van der Waals surface area contributed by atoms with Crippen molar-refractivity contribution in [2.45, 2.75) is 18.4 Å². The predicted octanol–water partition coefficient (Wildman–Crippen LogP) is 4.99. The Kier molecular flexibility index (Phi) is 4.43. The Morgan fingerprint density at radius 3 is 2.50 bits per heavy atom. The largest absolute Gasteiger partial charge is 0.494 e. The number of ether oxygens (including phenoxy) is 1. The van der Waals surface area contributed by atoms with E-state index in [9.17, 15) is 20.2 Å². The first kappa shape index (κ1) is 18.2. The van der Waals surface area contributed by atoms with E-state index in [1.54, 1.807) is 6.07 Å². The molecule has 0 saturated carbocycles. The lowest BCUT2D eigenvalue weighted by molar-refractivity contribution is -0.385. The summed E-state index contributed by atoms with van der Waals surface area (Å²) in [7, 11) is 1.45. The second kappa shape index (κ2) is 6.79. The van der Waals surface area contributed by atoms with Crippen LogP contribution in [0.25, 0.3) is 0 Å². The molecule has 0 bridgehead atoms. The Morgan fingerprint density at radius 1 is 1.11 bits per heavy atom. The molecule has 0 fully saturated rings. The Morgan fingerprint density at radius 2 is 1.82 bits per heavy atom. The second-order valence-corrected chi connectivity index (χ2v) is 7.21. The number of hydrogen-bond acceptors (Lipinski definition) is 6. The molecule has 0 radical (unpaired) electrons. The Bertz CT molecular complexity index is 1020. The zero-order valence-corrected chi connectivity index (χ0v) is 15.6. The van der Waals surface area contributed by atoms with Crippen LogP contribution in [0, 0.1) is 26.1 Å². The lowest BCUT2D eigenvalue weighted by atomic mass is 9.76. The van der Waals surface area contributed by atoms with Crippen LogP contribution in [-0.2, 0) is 0 Å². The van der Waals surface area contributed by atoms with E-state index in [-0.39, 0.29) is 29.3 Å². The van der Waals surface area contributed by atoms with E-state index in [4.69, 9.17) is 16.3 Å². The highest BCUT2D eigenvalue weighted by Crippen LogP contribution is 2.54. The van der Waals surface area contributed by atoms with Gasteiger partial charge >= 0.3 is 0 Å². The molecule has 1 heterocycles. The Balaban J connectivity index is 1.86. The third-order valence-corrected chi connectivity index (χ3v) is 5.72. The zero-order chi connectivity index (χ0) is 20.0. The summed E-state index contributed by atoms with van der Waals surface area (Å²) >= 11 is 6.39. The molecular formula is C19H16ClN3O5. The summed E-state index contributed by atoms with van der Waals surface area (Å²) in [5, 5.41) is 26.3. The van der Waals surface area contributed by atoms with Crippen LogP contribution in [0.4, 0.5) is 17.1 Å². The first-order valence-electron chi connectivity index (χ1n) is 8.64. The molecule has 1 aliphatic heterocycles. The minimum atomic E-state index is -0.453. The van der Waals surface area contributed by atoms with Gasteiger partial charge < -0.3 is 10.1 Å². The molecule has 2 aliphatic rings. The van der Waals surface area contributed by atoms with Gasteiger partial charge in [0, 0.05) is 34.7 Å². The number of nitrogens with zero attached hydrogens (tertiary/aromatic N) is 2. The fourth-order valence-corrected chi connectivity index (χ4v) is 4.34. The fourth-order valence-electron chi connectivity index (χ4n) is 4.11. The van der Waals surface area contributed by atoms with E-state index < -0.39 is 9.85 Å². The standard InChI is InChI=1S/C19H16ClN3O5/c1-28-17-9-11(23(26)27)8-14-12-3-2-4-13(12)18(21-19(14)17)15-7-10(22(24)25)5-6-16(15)20/h2-3,5-9,12-13,18,21H,4H2,1H3/t12?,13?,18-/m0/s1. The van der Waals surface area contributed by atoms with E-state index in [1.165, 1.54) is 31.4 Å². The van der Waals surface area contributed by atoms with Gasteiger partial charge in [0.15, 0.2) is 0 Å². The minimum absolute atomic E-state index is 0.0266. The van der Waals surface area contributed by atoms with E-state index >= 15 is 0 Å². The highest BCUT2D eigenvalue weighted by Gasteiger charge is 2.41. The summed E-state index contributed by atoms with van der Waals surface area (Å²) in [6.07, 6.45) is 4.77. The third-order valence-electron chi connectivity index (χ3n) is 5.37. The average Bonchev–Trinajstić information content (AvgIpc) is 3.17. The number of methoxy groups -OCH3 is 1. The van der Waals surface area contributed by atoms with Gasteiger partial charge in [0.05, 0.1) is 34.8 Å². The molecule has 1 N–H and O–H groups in total. The molecule has 2 aromatic rings. The zero-order valence-electron chi connectivity index (χ0n) is 14.8. The number of non-ortho nitro benzene ring substituents is 2. The minimum Gasteiger partial charge on any atom is -0.494 e. The first-order valence-corrected chi connectivity index (χ1v) is 9.02. The Hall–Kier alpha value is -3.13. The van der Waals surface area contributed by atoms with Crippen molar-refractivity contribution in [3.05, 3.63) is 78.9 Å². The predicted molar refractivity (Wildman–Crippen MR) is 104 cm³/mol. The summed E-state index contributed by atoms with van der Waals surface area (Å²) in [5.74, 6) is 0.304. The molecule has 9 heteroatoms. The molecule has 2 aromatic carbocycles. The summed E-state index contributed by atoms with van der Waals surface area (Å²) in [4.78, 5) is 21.6. The maximum Gasteiger partial charge on any atom is 0.273 e. The second-order valence-electron chi connectivity index (χ2n) is 6.81. The van der Waals surface area contributed by atoms with Gasteiger partial charge in [0.25, 0.3) is 11.4 Å². The molecule has 0 spiro atoms. The van der Waals surface area contributed by atoms with Crippen molar-refractivity contribution in [3.63, 3.8) is 0 Å². The van der Waals surface area contributed by atoms with E-state index in [1.807, 2.05) is 12.2 Å². The van der Waals surface area contributed by atoms with Gasteiger partial charge in [-0.2, -0.15) is 0 Å². The SMILES string of the molecule is COc1cc([N+](=O)[O-])cc2c1N[C@H](c1cc([N+](=O)[O-])ccc1Cl)C1CC=CC21. The summed E-state index contributed by atoms with van der Waals surface area (Å²) in [6.45, 7) is 0. The van der Waals surface area contributed by atoms with E-state index in [0.717, 1.165) is 12.0 Å². The third kappa shape index (κ3) is 2.86. The summed E-state index contributed by atoms with van der Waals surface area (Å²) < 4.78 is 5.40. The quantitative estimate of drug-likeness (QED) is 0.439. The highest BCUT2D eigenvalue weighted by molar-refractivity contribution is 6.31. The molecule has 4 rings (SSSR count). The average molecular weight is 402 g/mol. The lowest BCUT2D eigenvalue weighted by Gasteiger charge is -2.38. The smallest absolute Gasteiger partial charge is 0.273 e. The molecule has 0 amide bonds. The molecule has 2 unspecified atom stereocenters. The van der Waals surface area contributed by atoms with E-state index in [2.05, 4.69) is 5.32 Å². The fraction of sp³-hybridized carbons (Fsp3) is 0.263. The number of nitro groups is 2. The molecular weight excluding hydrogens is 386 g/mol. The number of nitro benzene ring substituents is 2. The van der Waals surface area contributed by atoms with Crippen LogP contribution >= 0.6 is 11.6 Å². The highest BCUT2D eigenvalue weighted by atomic mass is 35.5. The Labute approximate surface area is 165 Å². The van der Waals surface area contributed by atoms with Crippen LogP contribution in [0.3, 0.4) is 0 Å². The molecule has 0 saturated heterocycles. The monoisotopic (exact) mass is 401 g/mol. The van der Waals surface area contributed by atoms with Crippen molar-refractivity contribution in [2.75, 3.05) is 12.4 Å². The van der Waals surface area contributed by atoms with Gasteiger partial charge in [-0.25, -0.2) is 0 Å². The van der Waals surface area contributed by atoms with Crippen LogP contribution in [0.1, 0.15) is 29.5 Å². The number of hydrogen-bond donors (Lipinski definition) is 1. The number of rotatable bonds is 4. The van der Waals surface area contributed by atoms with Gasteiger partial charge in [-0.05, 0) is 24.0 Å². The number of benzene rings is 2. The van der Waals surface area contributed by atoms with Gasteiger partial charge in [0.2, 0.25) is 0 Å². The number of fused-ring (bicyclic) bond motifs is 3. The van der Waals surface area contributed by atoms with Crippen molar-refractivity contribution in [1.82, 2.24) is 0 Å². The molecule has 28 heavy (non-hydrogen) atoms. The van der Waals surface area contributed by atoms with Crippen molar-refractivity contribution in [2.24, 2.45) is 5.92 Å². The van der Waals surface area contributed by atoms with Gasteiger partial charge in [0.1, 0.15) is 5.75 Å². The molecule has 1 aliphatic carbocycles. The number of allylic oxidation sites excluding steroid dienone is 2. The molecule has 0 aromatic heterocycles. The molecule has 8 nitrogen and oxygen atoms in total. The van der Waals surface area contributed by atoms with Crippen molar-refractivity contribution < 1.29 is 14.6 Å². The summed E-state index contributed by atoms with van der Waals surface area (Å²) in [6, 6.07) is 7.02. The molecule has 144 valence electrons. The van der Waals surface area contributed by atoms with Crippen LogP contribution in [-0.4, -0.2) is 17.0 Å². The maximum absolute atomic E-state index is 11.3. The van der Waals surface area contributed by atoms with Crippen molar-refractivity contribution in [1.29, 1.82) is 0 Å². The van der Waals surface area contributed by atoms with Gasteiger partial charge in [-0.15, -0.1) is 0 Å². The van der Waals surface area contributed by atoms with Crippen LogP contribution in [0.5, 0.6) is 5.75 Å². The topological polar surface area (TPSA) is 108 Å². The van der Waals surface area contributed by atoms with Crippen LogP contribution in [0.2, 0.25) is 5.02 Å². The van der Waals surface area contributed by atoms with Crippen LogP contribution in [0.15, 0.2) is 42.5 Å². The number of nitrogens with one attached hydrogen (secondary N) is 1. The van der Waals surface area contributed by atoms with Crippen molar-refractivity contribution >= 4 is 28.7 Å². The summed E-state index contributed by atoms with van der Waals surface area (Å²) in [5.41, 5.74) is 1.98. The van der Waals surface area contributed by atoms with E-state index in [0.29, 0.717) is 22.0 Å². The number of anilines is 1. The lowest BCUT2D eigenvalue weighted by Crippen LogP contribution is -2.29. The van der Waals surface area contributed by atoms with Crippen molar-refractivity contribution in [3.8, 4) is 5.75 Å². The number of halogens is 1. The maximum atomic E-state index is 11.3. The normalized spacial score (nSPS) is 22.1. The van der Waals surface area contributed by atoms with Crippen LogP contribution < -0.4 is 10.1 Å². The van der Waals surface area contributed by atoms with Gasteiger partial charge in [-0.3, -0.25) is 20.2 Å². The molecule has 3 atom stereocenters. The van der Waals surface area contributed by atoms with Gasteiger partial charge in [-0.1, -0.05) is 23.8 Å².